The highest BCUT2D eigenvalue weighted by atomic mass is 79.9. The van der Waals surface area contributed by atoms with Crippen LogP contribution in [0.1, 0.15) is 11.3 Å². The Morgan fingerprint density at radius 3 is 2.57 bits per heavy atom. The summed E-state index contributed by atoms with van der Waals surface area (Å²) in [5.41, 5.74) is 2.28. The van der Waals surface area contributed by atoms with E-state index < -0.39 is 0 Å². The van der Waals surface area contributed by atoms with E-state index in [-0.39, 0.29) is 0 Å². The van der Waals surface area contributed by atoms with E-state index in [1.54, 1.807) is 0 Å². The first-order valence-corrected chi connectivity index (χ1v) is 5.91. The maximum Gasteiger partial charge on any atom is 0.114 e. The van der Waals surface area contributed by atoms with Gasteiger partial charge in [-0.25, -0.2) is 4.98 Å². The summed E-state index contributed by atoms with van der Waals surface area (Å²) in [5.74, 6) is 0. The second-order valence-corrected chi connectivity index (χ2v) is 4.84. The van der Waals surface area contributed by atoms with Gasteiger partial charge in [0, 0.05) is 15.2 Å². The zero-order valence-electron chi connectivity index (χ0n) is 7.94. The number of benzene rings is 1. The number of nitrogens with zero attached hydrogens (tertiary/aromatic N) is 1. The van der Waals surface area contributed by atoms with Crippen LogP contribution in [-0.4, -0.2) is 4.98 Å². The van der Waals surface area contributed by atoms with Crippen LogP contribution in [-0.2, 0) is 0 Å². The zero-order chi connectivity index (χ0) is 10.3. The molecule has 0 aliphatic heterocycles. The molecule has 0 saturated heterocycles. The average Bonchev–Trinajstić information content (AvgIpc) is 2.14. The molecule has 0 spiro atoms. The average molecular weight is 315 g/mol. The fourth-order valence-corrected chi connectivity index (χ4v) is 2.78. The Labute approximate surface area is 99.8 Å². The summed E-state index contributed by atoms with van der Waals surface area (Å²) < 4.78 is 2.01. The van der Waals surface area contributed by atoms with E-state index in [1.165, 1.54) is 10.9 Å². The van der Waals surface area contributed by atoms with E-state index in [1.807, 2.05) is 13.0 Å². The van der Waals surface area contributed by atoms with Crippen LogP contribution in [0.4, 0.5) is 0 Å². The molecule has 2 aromatic rings. The van der Waals surface area contributed by atoms with Crippen molar-refractivity contribution >= 4 is 42.6 Å². The lowest BCUT2D eigenvalue weighted by molar-refractivity contribution is 1.17. The van der Waals surface area contributed by atoms with Crippen LogP contribution in [0.15, 0.2) is 27.3 Å². The van der Waals surface area contributed by atoms with Gasteiger partial charge in [-0.15, -0.1) is 0 Å². The van der Waals surface area contributed by atoms with Crippen LogP contribution in [0.3, 0.4) is 0 Å². The van der Waals surface area contributed by atoms with Crippen molar-refractivity contribution in [2.75, 3.05) is 0 Å². The summed E-state index contributed by atoms with van der Waals surface area (Å²) in [4.78, 5) is 4.41. The number of pyridine rings is 1. The lowest BCUT2D eigenvalue weighted by Crippen LogP contribution is -1.89. The fraction of sp³-hybridized carbons (Fsp3) is 0.182. The Morgan fingerprint density at radius 2 is 1.86 bits per heavy atom. The molecule has 0 aliphatic rings. The van der Waals surface area contributed by atoms with Crippen LogP contribution in [0.2, 0.25) is 0 Å². The molecule has 1 heterocycles. The van der Waals surface area contributed by atoms with E-state index in [0.29, 0.717) is 0 Å². The van der Waals surface area contributed by atoms with Gasteiger partial charge in [-0.2, -0.15) is 0 Å². The standard InChI is InChI=1S/C11H9Br2N/c1-6-4-3-5-8-9(6)10(12)7(2)14-11(8)13/h3-5H,1-2H3. The molecule has 0 atom stereocenters. The largest absolute Gasteiger partial charge is 0.244 e. The highest BCUT2D eigenvalue weighted by molar-refractivity contribution is 9.11. The Bertz CT molecular complexity index is 506. The topological polar surface area (TPSA) is 12.9 Å². The number of aromatic nitrogens is 1. The maximum atomic E-state index is 4.41. The number of rotatable bonds is 0. The molecule has 1 nitrogen and oxygen atoms in total. The third-order valence-corrected chi connectivity index (χ3v) is 3.87. The van der Waals surface area contributed by atoms with Crippen LogP contribution in [0.25, 0.3) is 10.8 Å². The maximum absolute atomic E-state index is 4.41. The smallest absolute Gasteiger partial charge is 0.114 e. The predicted molar refractivity (Wildman–Crippen MR) is 66.6 cm³/mol. The molecule has 0 unspecified atom stereocenters. The monoisotopic (exact) mass is 313 g/mol. The quantitative estimate of drug-likeness (QED) is 0.658. The minimum absolute atomic E-state index is 0.914. The molecule has 0 radical (unpaired) electrons. The first-order chi connectivity index (χ1) is 6.61. The number of fused-ring (bicyclic) bond motifs is 1. The van der Waals surface area contributed by atoms with E-state index in [0.717, 1.165) is 20.2 Å². The predicted octanol–water partition coefficient (Wildman–Crippen LogP) is 4.38. The summed E-state index contributed by atoms with van der Waals surface area (Å²) in [5, 5.41) is 2.40. The van der Waals surface area contributed by atoms with Gasteiger partial charge in [0.05, 0.1) is 5.69 Å². The van der Waals surface area contributed by atoms with E-state index >= 15 is 0 Å². The van der Waals surface area contributed by atoms with Crippen molar-refractivity contribution in [3.8, 4) is 0 Å². The second-order valence-electron chi connectivity index (χ2n) is 3.30. The number of hydrogen-bond acceptors (Lipinski definition) is 1. The lowest BCUT2D eigenvalue weighted by atomic mass is 10.1. The van der Waals surface area contributed by atoms with Gasteiger partial charge in [-0.1, -0.05) is 18.2 Å². The molecular weight excluding hydrogens is 306 g/mol. The normalized spacial score (nSPS) is 10.9. The first kappa shape index (κ1) is 10.1. The van der Waals surface area contributed by atoms with Crippen molar-refractivity contribution in [1.29, 1.82) is 0 Å². The molecule has 0 saturated carbocycles. The van der Waals surface area contributed by atoms with Gasteiger partial charge in [-0.05, 0) is 51.3 Å². The molecular formula is C11H9Br2N. The SMILES string of the molecule is Cc1nc(Br)c2cccc(C)c2c1Br. The molecule has 2 rings (SSSR count). The molecule has 0 bridgehead atoms. The number of hydrogen-bond donors (Lipinski definition) is 0. The van der Waals surface area contributed by atoms with Crippen molar-refractivity contribution in [2.45, 2.75) is 13.8 Å². The summed E-state index contributed by atoms with van der Waals surface area (Å²) >= 11 is 7.07. The van der Waals surface area contributed by atoms with Gasteiger partial charge >= 0.3 is 0 Å². The summed E-state index contributed by atoms with van der Waals surface area (Å²) in [6.45, 7) is 4.11. The fourth-order valence-electron chi connectivity index (χ4n) is 1.57. The molecule has 1 aromatic heterocycles. The number of aryl methyl sites for hydroxylation is 2. The van der Waals surface area contributed by atoms with Gasteiger partial charge in [0.15, 0.2) is 0 Å². The van der Waals surface area contributed by atoms with E-state index in [9.17, 15) is 0 Å². The van der Waals surface area contributed by atoms with Gasteiger partial charge in [0.1, 0.15) is 4.60 Å². The summed E-state index contributed by atoms with van der Waals surface area (Å²) in [6, 6.07) is 6.23. The van der Waals surface area contributed by atoms with Gasteiger partial charge in [0.2, 0.25) is 0 Å². The van der Waals surface area contributed by atoms with Crippen LogP contribution >= 0.6 is 31.9 Å². The minimum atomic E-state index is 0.914. The number of halogens is 2. The van der Waals surface area contributed by atoms with E-state index in [2.05, 4.69) is 55.9 Å². The Kier molecular flexibility index (Phi) is 2.62. The highest BCUT2D eigenvalue weighted by Crippen LogP contribution is 2.32. The van der Waals surface area contributed by atoms with Crippen molar-refractivity contribution in [3.05, 3.63) is 38.5 Å². The second kappa shape index (κ2) is 3.63. The van der Waals surface area contributed by atoms with Crippen LogP contribution in [0.5, 0.6) is 0 Å². The van der Waals surface area contributed by atoms with Gasteiger partial charge in [-0.3, -0.25) is 0 Å². The lowest BCUT2D eigenvalue weighted by Gasteiger charge is -2.08. The minimum Gasteiger partial charge on any atom is -0.244 e. The van der Waals surface area contributed by atoms with Crippen molar-refractivity contribution in [3.63, 3.8) is 0 Å². The molecule has 0 fully saturated rings. The first-order valence-electron chi connectivity index (χ1n) is 4.32. The molecule has 1 aromatic carbocycles. The Balaban J connectivity index is 3.03. The molecule has 14 heavy (non-hydrogen) atoms. The molecule has 0 N–H and O–H groups in total. The molecule has 72 valence electrons. The Morgan fingerprint density at radius 1 is 1.14 bits per heavy atom. The van der Waals surface area contributed by atoms with Crippen molar-refractivity contribution < 1.29 is 0 Å². The van der Waals surface area contributed by atoms with Crippen LogP contribution < -0.4 is 0 Å². The highest BCUT2D eigenvalue weighted by Gasteiger charge is 2.08. The molecule has 3 heteroatoms. The van der Waals surface area contributed by atoms with E-state index in [4.69, 9.17) is 0 Å². The summed E-state index contributed by atoms with van der Waals surface area (Å²) in [6.07, 6.45) is 0. The molecule has 0 amide bonds. The van der Waals surface area contributed by atoms with Crippen molar-refractivity contribution in [2.24, 2.45) is 0 Å². The third kappa shape index (κ3) is 1.48. The Hall–Kier alpha value is -0.410. The zero-order valence-corrected chi connectivity index (χ0v) is 11.1. The van der Waals surface area contributed by atoms with Crippen LogP contribution in [0, 0.1) is 13.8 Å². The van der Waals surface area contributed by atoms with Gasteiger partial charge < -0.3 is 0 Å². The van der Waals surface area contributed by atoms with Crippen molar-refractivity contribution in [1.82, 2.24) is 4.98 Å². The third-order valence-electron chi connectivity index (χ3n) is 2.30. The van der Waals surface area contributed by atoms with Gasteiger partial charge in [0.25, 0.3) is 0 Å². The summed E-state index contributed by atoms with van der Waals surface area (Å²) in [7, 11) is 0. The molecule has 0 aliphatic carbocycles.